The normalized spacial score (nSPS) is 17.8. The Morgan fingerprint density at radius 1 is 1.38 bits per heavy atom. The summed E-state index contributed by atoms with van der Waals surface area (Å²) in [5, 5.41) is 3.20. The molecule has 1 aromatic rings. The first-order valence-electron chi connectivity index (χ1n) is 6.57. The maximum absolute atomic E-state index is 4.56. The van der Waals surface area contributed by atoms with E-state index >= 15 is 0 Å². The van der Waals surface area contributed by atoms with Crippen LogP contribution in [0.25, 0.3) is 0 Å². The Kier molecular flexibility index (Phi) is 4.40. The van der Waals surface area contributed by atoms with Crippen molar-refractivity contribution in [2.45, 2.75) is 51.0 Å². The standard InChI is InChI=1S/C13H23N3/c1-14-8-5-10-16-11-9-15-13(16)12-6-3-2-4-7-12/h9,11-12,14H,2-8,10H2,1H3. The average Bonchev–Trinajstić information content (AvgIpc) is 2.79. The van der Waals surface area contributed by atoms with E-state index in [2.05, 4.69) is 21.1 Å². The molecule has 0 saturated heterocycles. The summed E-state index contributed by atoms with van der Waals surface area (Å²) in [4.78, 5) is 4.56. The third kappa shape index (κ3) is 2.85. The third-order valence-electron chi connectivity index (χ3n) is 3.54. The lowest BCUT2D eigenvalue weighted by Crippen LogP contribution is -2.15. The summed E-state index contributed by atoms with van der Waals surface area (Å²) < 4.78 is 2.35. The van der Waals surface area contributed by atoms with E-state index in [0.29, 0.717) is 0 Å². The van der Waals surface area contributed by atoms with Gasteiger partial charge in [0.1, 0.15) is 5.82 Å². The predicted octanol–water partition coefficient (Wildman–Crippen LogP) is 2.54. The van der Waals surface area contributed by atoms with Crippen LogP contribution in [-0.2, 0) is 6.54 Å². The summed E-state index contributed by atoms with van der Waals surface area (Å²) in [6.45, 7) is 2.19. The van der Waals surface area contributed by atoms with E-state index in [0.717, 1.165) is 19.0 Å². The van der Waals surface area contributed by atoms with Crippen molar-refractivity contribution in [2.24, 2.45) is 0 Å². The SMILES string of the molecule is CNCCCn1ccnc1C1CCCCC1. The van der Waals surface area contributed by atoms with Gasteiger partial charge in [-0.1, -0.05) is 19.3 Å². The number of rotatable bonds is 5. The van der Waals surface area contributed by atoms with Gasteiger partial charge < -0.3 is 9.88 Å². The molecule has 0 bridgehead atoms. The minimum atomic E-state index is 0.721. The zero-order valence-corrected chi connectivity index (χ0v) is 10.3. The van der Waals surface area contributed by atoms with Crippen LogP contribution >= 0.6 is 0 Å². The van der Waals surface area contributed by atoms with E-state index in [1.807, 2.05) is 13.2 Å². The van der Waals surface area contributed by atoms with Crippen molar-refractivity contribution in [1.29, 1.82) is 0 Å². The van der Waals surface area contributed by atoms with Gasteiger partial charge >= 0.3 is 0 Å². The Labute approximate surface area is 98.3 Å². The van der Waals surface area contributed by atoms with E-state index in [1.54, 1.807) is 0 Å². The zero-order valence-electron chi connectivity index (χ0n) is 10.3. The number of imidazole rings is 1. The number of hydrogen-bond acceptors (Lipinski definition) is 2. The highest BCUT2D eigenvalue weighted by molar-refractivity contribution is 5.01. The minimum Gasteiger partial charge on any atom is -0.335 e. The number of nitrogens with one attached hydrogen (secondary N) is 1. The largest absolute Gasteiger partial charge is 0.335 e. The molecule has 0 amide bonds. The molecule has 0 unspecified atom stereocenters. The highest BCUT2D eigenvalue weighted by Crippen LogP contribution is 2.31. The molecule has 0 aromatic carbocycles. The Morgan fingerprint density at radius 2 is 2.19 bits per heavy atom. The van der Waals surface area contributed by atoms with Crippen LogP contribution in [0.1, 0.15) is 50.3 Å². The monoisotopic (exact) mass is 221 g/mol. The summed E-state index contributed by atoms with van der Waals surface area (Å²) in [6, 6.07) is 0. The molecular formula is C13H23N3. The fourth-order valence-corrected chi connectivity index (χ4v) is 2.66. The number of aryl methyl sites for hydroxylation is 1. The predicted molar refractivity (Wildman–Crippen MR) is 66.6 cm³/mol. The second kappa shape index (κ2) is 6.04. The average molecular weight is 221 g/mol. The molecule has 1 saturated carbocycles. The molecule has 3 nitrogen and oxygen atoms in total. The maximum atomic E-state index is 4.56. The van der Waals surface area contributed by atoms with E-state index in [1.165, 1.54) is 44.3 Å². The molecule has 0 aliphatic heterocycles. The van der Waals surface area contributed by atoms with Gasteiger partial charge in [0.25, 0.3) is 0 Å². The van der Waals surface area contributed by atoms with Crippen molar-refractivity contribution in [3.8, 4) is 0 Å². The van der Waals surface area contributed by atoms with Crippen LogP contribution in [0.3, 0.4) is 0 Å². The van der Waals surface area contributed by atoms with Crippen LogP contribution in [0, 0.1) is 0 Å². The van der Waals surface area contributed by atoms with Crippen molar-refractivity contribution < 1.29 is 0 Å². The van der Waals surface area contributed by atoms with Crippen LogP contribution in [-0.4, -0.2) is 23.1 Å². The summed E-state index contributed by atoms with van der Waals surface area (Å²) in [6.07, 6.45) is 12.1. The summed E-state index contributed by atoms with van der Waals surface area (Å²) in [5.74, 6) is 2.05. The van der Waals surface area contributed by atoms with Crippen molar-refractivity contribution >= 4 is 0 Å². The lowest BCUT2D eigenvalue weighted by atomic mass is 9.88. The molecule has 0 atom stereocenters. The van der Waals surface area contributed by atoms with Crippen molar-refractivity contribution in [2.75, 3.05) is 13.6 Å². The van der Waals surface area contributed by atoms with E-state index in [4.69, 9.17) is 0 Å². The minimum absolute atomic E-state index is 0.721. The molecule has 1 heterocycles. The number of nitrogens with zero attached hydrogens (tertiary/aromatic N) is 2. The molecule has 2 rings (SSSR count). The van der Waals surface area contributed by atoms with Gasteiger partial charge in [-0.25, -0.2) is 4.98 Å². The van der Waals surface area contributed by atoms with E-state index < -0.39 is 0 Å². The maximum Gasteiger partial charge on any atom is 0.111 e. The van der Waals surface area contributed by atoms with E-state index in [-0.39, 0.29) is 0 Å². The first-order valence-corrected chi connectivity index (χ1v) is 6.57. The molecule has 1 aromatic heterocycles. The Hall–Kier alpha value is -0.830. The number of aromatic nitrogens is 2. The molecule has 16 heavy (non-hydrogen) atoms. The Balaban J connectivity index is 1.94. The highest BCUT2D eigenvalue weighted by atomic mass is 15.1. The van der Waals surface area contributed by atoms with Gasteiger partial charge in [0.15, 0.2) is 0 Å². The first kappa shape index (κ1) is 11.6. The second-order valence-electron chi connectivity index (χ2n) is 4.77. The molecule has 1 aliphatic rings. The lowest BCUT2D eigenvalue weighted by Gasteiger charge is -2.22. The van der Waals surface area contributed by atoms with Crippen molar-refractivity contribution in [3.63, 3.8) is 0 Å². The van der Waals surface area contributed by atoms with Gasteiger partial charge in [-0.15, -0.1) is 0 Å². The molecule has 1 fully saturated rings. The Morgan fingerprint density at radius 3 is 2.94 bits per heavy atom. The molecular weight excluding hydrogens is 198 g/mol. The zero-order chi connectivity index (χ0) is 11.2. The quantitative estimate of drug-likeness (QED) is 0.774. The van der Waals surface area contributed by atoms with Gasteiger partial charge in [-0.05, 0) is 32.9 Å². The van der Waals surface area contributed by atoms with Gasteiger partial charge in [0, 0.05) is 24.9 Å². The van der Waals surface area contributed by atoms with Crippen molar-refractivity contribution in [3.05, 3.63) is 18.2 Å². The third-order valence-corrected chi connectivity index (χ3v) is 3.54. The molecule has 3 heteroatoms. The van der Waals surface area contributed by atoms with E-state index in [9.17, 15) is 0 Å². The molecule has 0 spiro atoms. The molecule has 0 radical (unpaired) electrons. The summed E-state index contributed by atoms with van der Waals surface area (Å²) in [5.41, 5.74) is 0. The smallest absolute Gasteiger partial charge is 0.111 e. The lowest BCUT2D eigenvalue weighted by molar-refractivity contribution is 0.413. The van der Waals surface area contributed by atoms with Crippen molar-refractivity contribution in [1.82, 2.24) is 14.9 Å². The van der Waals surface area contributed by atoms with Gasteiger partial charge in [0.2, 0.25) is 0 Å². The fourth-order valence-electron chi connectivity index (χ4n) is 2.66. The Bertz CT molecular complexity index is 300. The second-order valence-corrected chi connectivity index (χ2v) is 4.77. The topological polar surface area (TPSA) is 29.9 Å². The van der Waals surface area contributed by atoms with Crippen LogP contribution in [0.15, 0.2) is 12.4 Å². The molecule has 1 aliphatic carbocycles. The van der Waals surface area contributed by atoms with Crippen LogP contribution < -0.4 is 5.32 Å². The first-order chi connectivity index (χ1) is 7.92. The summed E-state index contributed by atoms with van der Waals surface area (Å²) in [7, 11) is 2.01. The van der Waals surface area contributed by atoms with Gasteiger partial charge in [-0.2, -0.15) is 0 Å². The van der Waals surface area contributed by atoms with Crippen LogP contribution in [0.4, 0.5) is 0 Å². The molecule has 90 valence electrons. The van der Waals surface area contributed by atoms with Crippen LogP contribution in [0.5, 0.6) is 0 Å². The van der Waals surface area contributed by atoms with Crippen LogP contribution in [0.2, 0.25) is 0 Å². The highest BCUT2D eigenvalue weighted by Gasteiger charge is 2.19. The van der Waals surface area contributed by atoms with Gasteiger partial charge in [0.05, 0.1) is 0 Å². The molecule has 1 N–H and O–H groups in total. The fraction of sp³-hybridized carbons (Fsp3) is 0.769. The van der Waals surface area contributed by atoms with Gasteiger partial charge in [-0.3, -0.25) is 0 Å². The summed E-state index contributed by atoms with van der Waals surface area (Å²) >= 11 is 0. The number of hydrogen-bond donors (Lipinski definition) is 1.